The van der Waals surface area contributed by atoms with E-state index in [1.807, 2.05) is 6.92 Å². The third-order valence-electron chi connectivity index (χ3n) is 4.63. The largest absolute Gasteiger partial charge is 0.478 e. The Balaban J connectivity index is 2.11. The lowest BCUT2D eigenvalue weighted by atomic mass is 10.0. The van der Waals surface area contributed by atoms with E-state index in [9.17, 15) is 23.1 Å². The number of amides is 1. The third-order valence-corrected chi connectivity index (χ3v) is 6.98. The maximum absolute atomic E-state index is 12.6. The highest BCUT2D eigenvalue weighted by atomic mass is 32.2. The average molecular weight is 405 g/mol. The molecule has 0 aliphatic carbocycles. The topological polar surface area (TPSA) is 91.8 Å². The molecule has 1 fully saturated rings. The van der Waals surface area contributed by atoms with E-state index in [0.29, 0.717) is 5.69 Å². The van der Waals surface area contributed by atoms with Crippen molar-refractivity contribution in [2.24, 2.45) is 0 Å². The van der Waals surface area contributed by atoms with Gasteiger partial charge >= 0.3 is 5.97 Å². The molecule has 1 N–H and O–H groups in total. The van der Waals surface area contributed by atoms with Crippen molar-refractivity contribution in [3.8, 4) is 0 Å². The van der Waals surface area contributed by atoms with Crippen molar-refractivity contribution in [3.05, 3.63) is 58.7 Å². The number of carboxylic acids is 1. The van der Waals surface area contributed by atoms with Crippen molar-refractivity contribution in [2.75, 3.05) is 16.9 Å². The SMILES string of the molecule is Cc1ccc(C(=O)O)c(N2C(=O)CSC2c2ccc(S(C)(=O)=O)cc2)c1C. The molecular formula is C19H19NO5S2. The van der Waals surface area contributed by atoms with Crippen molar-refractivity contribution in [3.63, 3.8) is 0 Å². The number of nitrogens with zero attached hydrogens (tertiary/aromatic N) is 1. The Morgan fingerprint density at radius 3 is 2.33 bits per heavy atom. The van der Waals surface area contributed by atoms with Crippen LogP contribution in [0.2, 0.25) is 0 Å². The van der Waals surface area contributed by atoms with Gasteiger partial charge in [0, 0.05) is 6.26 Å². The number of anilines is 1. The first-order valence-corrected chi connectivity index (χ1v) is 11.1. The zero-order chi connectivity index (χ0) is 19.9. The monoisotopic (exact) mass is 405 g/mol. The van der Waals surface area contributed by atoms with Gasteiger partial charge in [0.15, 0.2) is 9.84 Å². The molecule has 1 atom stereocenters. The molecule has 3 rings (SSSR count). The van der Waals surface area contributed by atoms with Crippen LogP contribution in [-0.4, -0.2) is 37.4 Å². The number of aromatic carboxylic acids is 1. The van der Waals surface area contributed by atoms with Gasteiger partial charge in [-0.1, -0.05) is 18.2 Å². The van der Waals surface area contributed by atoms with E-state index in [4.69, 9.17) is 0 Å². The van der Waals surface area contributed by atoms with Gasteiger partial charge in [0.05, 0.1) is 21.9 Å². The molecule has 1 saturated heterocycles. The van der Waals surface area contributed by atoms with Gasteiger partial charge in [-0.05, 0) is 48.7 Å². The maximum Gasteiger partial charge on any atom is 0.337 e. The number of carbonyl (C=O) groups excluding carboxylic acids is 1. The highest BCUT2D eigenvalue weighted by molar-refractivity contribution is 8.00. The Morgan fingerprint density at radius 2 is 1.78 bits per heavy atom. The Morgan fingerprint density at radius 1 is 1.15 bits per heavy atom. The fraction of sp³-hybridized carbons (Fsp3) is 0.263. The van der Waals surface area contributed by atoms with Crippen LogP contribution in [0, 0.1) is 13.8 Å². The fourth-order valence-electron chi connectivity index (χ4n) is 3.08. The van der Waals surface area contributed by atoms with Crippen LogP contribution in [0.1, 0.15) is 32.4 Å². The van der Waals surface area contributed by atoms with Crippen LogP contribution in [0.15, 0.2) is 41.3 Å². The van der Waals surface area contributed by atoms with Crippen LogP contribution in [0.4, 0.5) is 5.69 Å². The zero-order valence-electron chi connectivity index (χ0n) is 15.1. The number of rotatable bonds is 4. The highest BCUT2D eigenvalue weighted by Gasteiger charge is 2.37. The van der Waals surface area contributed by atoms with Crippen LogP contribution in [0.25, 0.3) is 0 Å². The van der Waals surface area contributed by atoms with Crippen molar-refractivity contribution in [1.82, 2.24) is 0 Å². The van der Waals surface area contributed by atoms with E-state index in [2.05, 4.69) is 0 Å². The molecule has 0 radical (unpaired) electrons. The summed E-state index contributed by atoms with van der Waals surface area (Å²) < 4.78 is 23.3. The molecule has 0 bridgehead atoms. The molecule has 0 aromatic heterocycles. The summed E-state index contributed by atoms with van der Waals surface area (Å²) >= 11 is 1.39. The molecule has 142 valence electrons. The minimum Gasteiger partial charge on any atom is -0.478 e. The number of thioether (sulfide) groups is 1. The van der Waals surface area contributed by atoms with Crippen LogP contribution in [0.3, 0.4) is 0 Å². The van der Waals surface area contributed by atoms with Crippen molar-refractivity contribution >= 4 is 39.2 Å². The summed E-state index contributed by atoms with van der Waals surface area (Å²) in [7, 11) is -3.31. The second kappa shape index (κ2) is 7.01. The number of hydrogen-bond acceptors (Lipinski definition) is 5. The smallest absolute Gasteiger partial charge is 0.337 e. The normalized spacial score (nSPS) is 17.4. The summed E-state index contributed by atoms with van der Waals surface area (Å²) in [6, 6.07) is 9.60. The van der Waals surface area contributed by atoms with Gasteiger partial charge in [-0.2, -0.15) is 0 Å². The fourth-order valence-corrected chi connectivity index (χ4v) is 4.87. The van der Waals surface area contributed by atoms with Crippen molar-refractivity contribution in [2.45, 2.75) is 24.1 Å². The standard InChI is InChI=1S/C19H19NO5S2/c1-11-4-9-15(19(22)23)17(12(11)2)20-16(21)10-26-18(20)13-5-7-14(8-6-13)27(3,24)25/h4-9,18H,10H2,1-3H3,(H,22,23). The molecule has 1 aliphatic heterocycles. The van der Waals surface area contributed by atoms with Gasteiger partial charge in [-0.3, -0.25) is 9.69 Å². The van der Waals surface area contributed by atoms with Gasteiger partial charge in [0.25, 0.3) is 0 Å². The molecule has 1 aliphatic rings. The number of aryl methyl sites for hydroxylation is 1. The van der Waals surface area contributed by atoms with Crippen LogP contribution in [-0.2, 0) is 14.6 Å². The Bertz CT molecular complexity index is 1030. The van der Waals surface area contributed by atoms with E-state index >= 15 is 0 Å². The van der Waals surface area contributed by atoms with Gasteiger partial charge < -0.3 is 5.11 Å². The van der Waals surface area contributed by atoms with Crippen LogP contribution < -0.4 is 4.90 Å². The molecule has 2 aromatic rings. The number of hydrogen-bond donors (Lipinski definition) is 1. The Labute approximate surface area is 162 Å². The van der Waals surface area contributed by atoms with E-state index in [1.165, 1.54) is 34.9 Å². The molecule has 1 unspecified atom stereocenters. The van der Waals surface area contributed by atoms with Crippen LogP contribution >= 0.6 is 11.8 Å². The predicted octanol–water partition coefficient (Wildman–Crippen LogP) is 3.18. The van der Waals surface area contributed by atoms with E-state index in [-0.39, 0.29) is 22.1 Å². The minimum absolute atomic E-state index is 0.0757. The molecule has 1 amide bonds. The minimum atomic E-state index is -3.31. The Kier molecular flexibility index (Phi) is 5.05. The van der Waals surface area contributed by atoms with Crippen molar-refractivity contribution < 1.29 is 23.1 Å². The maximum atomic E-state index is 12.6. The lowest BCUT2D eigenvalue weighted by Gasteiger charge is -2.28. The summed E-state index contributed by atoms with van der Waals surface area (Å²) in [4.78, 5) is 26.1. The number of carbonyl (C=O) groups is 2. The lowest BCUT2D eigenvalue weighted by Crippen LogP contribution is -2.30. The molecule has 6 nitrogen and oxygen atoms in total. The number of sulfone groups is 1. The van der Waals surface area contributed by atoms with E-state index in [0.717, 1.165) is 22.9 Å². The predicted molar refractivity (Wildman–Crippen MR) is 105 cm³/mol. The zero-order valence-corrected chi connectivity index (χ0v) is 16.7. The summed E-state index contributed by atoms with van der Waals surface area (Å²) in [6.07, 6.45) is 1.14. The lowest BCUT2D eigenvalue weighted by molar-refractivity contribution is -0.115. The first-order chi connectivity index (χ1) is 12.6. The quantitative estimate of drug-likeness (QED) is 0.840. The summed E-state index contributed by atoms with van der Waals surface area (Å²) in [5.74, 6) is -1.04. The average Bonchev–Trinajstić information content (AvgIpc) is 2.97. The Hall–Kier alpha value is -2.32. The van der Waals surface area contributed by atoms with Crippen molar-refractivity contribution in [1.29, 1.82) is 0 Å². The van der Waals surface area contributed by atoms with E-state index < -0.39 is 21.2 Å². The number of benzene rings is 2. The number of carboxylic acid groups (broad SMARTS) is 1. The molecule has 8 heteroatoms. The first-order valence-electron chi connectivity index (χ1n) is 8.18. The third kappa shape index (κ3) is 3.59. The van der Waals surface area contributed by atoms with Gasteiger partial charge in [-0.15, -0.1) is 11.8 Å². The summed E-state index contributed by atoms with van der Waals surface area (Å²) in [5, 5.41) is 9.19. The molecule has 1 heterocycles. The molecule has 2 aromatic carbocycles. The second-order valence-electron chi connectivity index (χ2n) is 6.48. The van der Waals surface area contributed by atoms with Gasteiger partial charge in [0.1, 0.15) is 5.37 Å². The van der Waals surface area contributed by atoms with E-state index in [1.54, 1.807) is 25.1 Å². The molecule has 0 spiro atoms. The van der Waals surface area contributed by atoms with Crippen LogP contribution in [0.5, 0.6) is 0 Å². The van der Waals surface area contributed by atoms with Gasteiger partial charge in [-0.25, -0.2) is 13.2 Å². The molecule has 27 heavy (non-hydrogen) atoms. The van der Waals surface area contributed by atoms with Gasteiger partial charge in [0.2, 0.25) is 5.91 Å². The summed E-state index contributed by atoms with van der Waals surface area (Å²) in [6.45, 7) is 3.67. The highest BCUT2D eigenvalue weighted by Crippen LogP contribution is 2.44. The molecular weight excluding hydrogens is 386 g/mol. The first kappa shape index (κ1) is 19.4. The summed E-state index contributed by atoms with van der Waals surface area (Å²) in [5.41, 5.74) is 2.85. The second-order valence-corrected chi connectivity index (χ2v) is 9.56. The molecule has 0 saturated carbocycles.